The summed E-state index contributed by atoms with van der Waals surface area (Å²) in [5.41, 5.74) is 0. The minimum Gasteiger partial charge on any atom is -0.293 e. The van der Waals surface area contributed by atoms with Crippen molar-refractivity contribution >= 4 is 0 Å². The van der Waals surface area contributed by atoms with Crippen molar-refractivity contribution in [3.05, 3.63) is 18.7 Å². The van der Waals surface area contributed by atoms with Crippen molar-refractivity contribution in [1.29, 1.82) is 0 Å². The predicted octanol–water partition coefficient (Wildman–Crippen LogP) is 0.589. The number of hydrogen-bond acceptors (Lipinski definition) is 0. The molecule has 0 unspecified atom stereocenters. The van der Waals surface area contributed by atoms with Gasteiger partial charge in [-0.15, -0.1) is 0 Å². The molecule has 0 aromatic heterocycles. The first-order valence-electron chi connectivity index (χ1n) is 2.05. The summed E-state index contributed by atoms with van der Waals surface area (Å²) in [5.74, 6) is 0. The topological polar surface area (TPSA) is 14.1 Å². The van der Waals surface area contributed by atoms with Crippen LogP contribution in [0.15, 0.2) is 12.3 Å². The summed E-state index contributed by atoms with van der Waals surface area (Å²) in [4.78, 5) is 0. The highest BCUT2D eigenvalue weighted by Crippen LogP contribution is 1.92. The predicted molar refractivity (Wildman–Crippen MR) is 24.0 cm³/mol. The molecule has 0 N–H and O–H groups in total. The van der Waals surface area contributed by atoms with Crippen LogP contribution >= 0.6 is 0 Å². The van der Waals surface area contributed by atoms with E-state index in [0.717, 1.165) is 13.0 Å². The van der Waals surface area contributed by atoms with Gasteiger partial charge in [0.2, 0.25) is 0 Å². The molecule has 0 amide bonds. The Labute approximate surface area is 38.1 Å². The molecule has 1 nitrogen and oxygen atoms in total. The average Bonchev–Trinajstić information content (AvgIpc) is 1.72. The highest BCUT2D eigenvalue weighted by Gasteiger charge is 1.88. The summed E-state index contributed by atoms with van der Waals surface area (Å²) in [7, 11) is 0. The van der Waals surface area contributed by atoms with Gasteiger partial charge in [0.15, 0.2) is 0 Å². The quantitative estimate of drug-likeness (QED) is 0.404. The summed E-state index contributed by atoms with van der Waals surface area (Å²) < 4.78 is 0. The zero-order valence-corrected chi connectivity index (χ0v) is 3.52. The van der Waals surface area contributed by atoms with E-state index < -0.39 is 0 Å². The van der Waals surface area contributed by atoms with Crippen LogP contribution in [-0.4, -0.2) is 6.54 Å². The Kier molecular flexibility index (Phi) is 1.15. The first-order chi connectivity index (χ1) is 3.00. The van der Waals surface area contributed by atoms with Gasteiger partial charge in [-0.1, -0.05) is 6.08 Å². The smallest absolute Gasteiger partial charge is 0.0398 e. The molecule has 0 spiro atoms. The van der Waals surface area contributed by atoms with Crippen LogP contribution in [0.3, 0.4) is 0 Å². The fourth-order valence-electron chi connectivity index (χ4n) is 0.392. The molecule has 6 heavy (non-hydrogen) atoms. The van der Waals surface area contributed by atoms with Crippen LogP contribution in [0.4, 0.5) is 0 Å². The van der Waals surface area contributed by atoms with Gasteiger partial charge in [0, 0.05) is 19.2 Å². The van der Waals surface area contributed by atoms with Crippen LogP contribution in [0, 0.1) is 6.42 Å². The molecule has 0 bridgehead atoms. The van der Waals surface area contributed by atoms with Gasteiger partial charge in [0.05, 0.1) is 0 Å². The van der Waals surface area contributed by atoms with Gasteiger partial charge in [0.25, 0.3) is 0 Å². The minimum atomic E-state index is 0.927. The Bertz CT molecular complexity index is 49.0. The molecule has 0 saturated heterocycles. The van der Waals surface area contributed by atoms with Crippen LogP contribution < -0.4 is 5.32 Å². The standard InChI is InChI=1S/C5H6N/c1-2-4-6-5-3-1/h2,4H,3,5H2. The maximum Gasteiger partial charge on any atom is 0.0398 e. The van der Waals surface area contributed by atoms with E-state index in [2.05, 4.69) is 11.7 Å². The highest BCUT2D eigenvalue weighted by molar-refractivity contribution is 4.97. The van der Waals surface area contributed by atoms with Crippen molar-refractivity contribution in [1.82, 2.24) is 5.32 Å². The SMILES string of the molecule is [C]1C=C[N]CC1. The minimum absolute atomic E-state index is 0.927. The molecule has 0 aromatic carbocycles. The Morgan fingerprint density at radius 2 is 2.67 bits per heavy atom. The Hall–Kier alpha value is -0.460. The van der Waals surface area contributed by atoms with Crippen molar-refractivity contribution in [3.8, 4) is 0 Å². The molecule has 1 heterocycles. The monoisotopic (exact) mass is 80.1 g/mol. The third-order valence-corrected chi connectivity index (χ3v) is 0.683. The number of rotatable bonds is 0. The van der Waals surface area contributed by atoms with Crippen LogP contribution in [0.25, 0.3) is 0 Å². The zero-order valence-electron chi connectivity index (χ0n) is 3.52. The van der Waals surface area contributed by atoms with Crippen molar-refractivity contribution in [3.63, 3.8) is 0 Å². The van der Waals surface area contributed by atoms with Crippen LogP contribution in [0.5, 0.6) is 0 Å². The molecule has 0 fully saturated rings. The van der Waals surface area contributed by atoms with E-state index in [1.54, 1.807) is 6.20 Å². The number of hydrogen-bond donors (Lipinski definition) is 0. The summed E-state index contributed by atoms with van der Waals surface area (Å²) in [5, 5.41) is 3.93. The van der Waals surface area contributed by atoms with Crippen molar-refractivity contribution in [2.75, 3.05) is 6.54 Å². The lowest BCUT2D eigenvalue weighted by Crippen LogP contribution is -2.01. The molecule has 0 atom stereocenters. The van der Waals surface area contributed by atoms with Gasteiger partial charge in [-0.05, 0) is 6.42 Å². The molecule has 3 radical (unpaired) electrons. The maximum atomic E-state index is 3.93. The molecular formula is C5H6N. The van der Waals surface area contributed by atoms with E-state index in [9.17, 15) is 0 Å². The van der Waals surface area contributed by atoms with E-state index in [1.165, 1.54) is 0 Å². The van der Waals surface area contributed by atoms with E-state index in [1.807, 2.05) is 6.08 Å². The number of nitrogens with zero attached hydrogens (tertiary/aromatic N) is 1. The van der Waals surface area contributed by atoms with Crippen LogP contribution in [-0.2, 0) is 0 Å². The lowest BCUT2D eigenvalue weighted by molar-refractivity contribution is 0.791. The summed E-state index contributed by atoms with van der Waals surface area (Å²) >= 11 is 0. The largest absolute Gasteiger partial charge is 0.293 e. The second kappa shape index (κ2) is 1.85. The molecule has 1 aliphatic rings. The second-order valence-corrected chi connectivity index (χ2v) is 1.18. The van der Waals surface area contributed by atoms with Gasteiger partial charge in [-0.2, -0.15) is 0 Å². The van der Waals surface area contributed by atoms with E-state index in [-0.39, 0.29) is 0 Å². The lowest BCUT2D eigenvalue weighted by Gasteiger charge is -1.97. The van der Waals surface area contributed by atoms with E-state index in [4.69, 9.17) is 0 Å². The maximum absolute atomic E-state index is 3.93. The molecule has 0 saturated carbocycles. The number of allylic oxidation sites excluding steroid dienone is 1. The first-order valence-corrected chi connectivity index (χ1v) is 2.05. The van der Waals surface area contributed by atoms with Gasteiger partial charge < -0.3 is 0 Å². The lowest BCUT2D eigenvalue weighted by atomic mass is 10.2. The highest BCUT2D eigenvalue weighted by atomic mass is 14.8. The Morgan fingerprint density at radius 3 is 2.83 bits per heavy atom. The van der Waals surface area contributed by atoms with Gasteiger partial charge in [-0.3, -0.25) is 5.32 Å². The second-order valence-electron chi connectivity index (χ2n) is 1.18. The van der Waals surface area contributed by atoms with E-state index >= 15 is 0 Å². The van der Waals surface area contributed by atoms with Gasteiger partial charge in [0.1, 0.15) is 0 Å². The third-order valence-electron chi connectivity index (χ3n) is 0.683. The van der Waals surface area contributed by atoms with Gasteiger partial charge in [-0.25, -0.2) is 0 Å². The van der Waals surface area contributed by atoms with E-state index in [0.29, 0.717) is 0 Å². The molecule has 31 valence electrons. The van der Waals surface area contributed by atoms with Crippen molar-refractivity contribution in [2.24, 2.45) is 0 Å². The van der Waals surface area contributed by atoms with Gasteiger partial charge >= 0.3 is 0 Å². The van der Waals surface area contributed by atoms with Crippen molar-refractivity contribution in [2.45, 2.75) is 6.42 Å². The summed E-state index contributed by atoms with van der Waals surface area (Å²) in [6.45, 7) is 0.927. The third kappa shape index (κ3) is 0.744. The molecule has 0 aliphatic carbocycles. The molecule has 1 heteroatoms. The van der Waals surface area contributed by atoms with Crippen LogP contribution in [0.2, 0.25) is 0 Å². The van der Waals surface area contributed by atoms with Crippen LogP contribution in [0.1, 0.15) is 6.42 Å². The molecule has 1 rings (SSSR count). The first kappa shape index (κ1) is 3.72. The molecule has 1 aliphatic heterocycles. The average molecular weight is 80.1 g/mol. The molecule has 0 aromatic rings. The normalized spacial score (nSPS) is 20.0. The Balaban J connectivity index is 2.26. The van der Waals surface area contributed by atoms with Crippen molar-refractivity contribution < 1.29 is 0 Å². The summed E-state index contributed by atoms with van der Waals surface area (Å²) in [6.07, 6.45) is 7.64. The fraction of sp³-hybridized carbons (Fsp3) is 0.400. The molecular weight excluding hydrogens is 74.1 g/mol. The fourth-order valence-corrected chi connectivity index (χ4v) is 0.392. The summed E-state index contributed by atoms with van der Waals surface area (Å²) in [6, 6.07) is 0. The zero-order chi connectivity index (χ0) is 4.24. The Morgan fingerprint density at radius 1 is 1.67 bits per heavy atom.